The molecular weight excluding hydrogens is 240 g/mol. The first kappa shape index (κ1) is 16.2. The van der Waals surface area contributed by atoms with E-state index in [9.17, 15) is 0 Å². The van der Waals surface area contributed by atoms with Crippen LogP contribution in [-0.2, 0) is 17.8 Å². The van der Waals surface area contributed by atoms with Crippen molar-refractivity contribution in [1.29, 1.82) is 0 Å². The van der Waals surface area contributed by atoms with Crippen molar-refractivity contribution in [3.05, 3.63) is 23.7 Å². The van der Waals surface area contributed by atoms with E-state index in [-0.39, 0.29) is 0 Å². The summed E-state index contributed by atoms with van der Waals surface area (Å²) in [7, 11) is 1.74. The summed E-state index contributed by atoms with van der Waals surface area (Å²) in [5.74, 6) is 1.02. The van der Waals surface area contributed by atoms with Gasteiger partial charge in [-0.1, -0.05) is 13.8 Å². The summed E-state index contributed by atoms with van der Waals surface area (Å²) >= 11 is 0. The van der Waals surface area contributed by atoms with Gasteiger partial charge in [0.15, 0.2) is 0 Å². The highest BCUT2D eigenvalue weighted by molar-refractivity contribution is 5.12. The third-order valence-corrected chi connectivity index (χ3v) is 3.09. The molecule has 0 aliphatic heterocycles. The Bertz CT molecular complexity index is 348. The first-order valence-corrected chi connectivity index (χ1v) is 7.05. The van der Waals surface area contributed by atoms with Crippen LogP contribution in [0.2, 0.25) is 0 Å². The van der Waals surface area contributed by atoms with Crippen molar-refractivity contribution in [2.75, 3.05) is 20.3 Å². The van der Waals surface area contributed by atoms with Gasteiger partial charge in [-0.15, -0.1) is 0 Å². The van der Waals surface area contributed by atoms with Gasteiger partial charge in [-0.2, -0.15) is 0 Å². The number of nitrogens with one attached hydrogen (secondary N) is 1. The molecule has 0 radical (unpaired) electrons. The van der Waals surface area contributed by atoms with Gasteiger partial charge in [-0.05, 0) is 19.9 Å². The van der Waals surface area contributed by atoms with Crippen LogP contribution in [0.3, 0.4) is 0 Å². The second kappa shape index (κ2) is 8.35. The largest absolute Gasteiger partial charge is 0.468 e. The number of methoxy groups -OCH3 is 1. The van der Waals surface area contributed by atoms with E-state index in [1.54, 1.807) is 7.11 Å². The van der Waals surface area contributed by atoms with Gasteiger partial charge in [-0.3, -0.25) is 4.90 Å². The number of rotatable bonds is 9. The van der Waals surface area contributed by atoms with E-state index in [2.05, 4.69) is 44.0 Å². The van der Waals surface area contributed by atoms with Crippen molar-refractivity contribution < 1.29 is 9.15 Å². The summed E-state index contributed by atoms with van der Waals surface area (Å²) < 4.78 is 10.8. The average molecular weight is 268 g/mol. The lowest BCUT2D eigenvalue weighted by Gasteiger charge is -2.24. The van der Waals surface area contributed by atoms with Crippen LogP contribution in [0.1, 0.15) is 39.0 Å². The molecule has 0 aliphatic carbocycles. The van der Waals surface area contributed by atoms with E-state index in [1.165, 1.54) is 5.56 Å². The minimum absolute atomic E-state index is 0.484. The Morgan fingerprint density at radius 1 is 1.32 bits per heavy atom. The molecule has 1 rings (SSSR count). The van der Waals surface area contributed by atoms with Crippen molar-refractivity contribution in [2.24, 2.45) is 0 Å². The Labute approximate surface area is 117 Å². The summed E-state index contributed by atoms with van der Waals surface area (Å²) in [6.07, 6.45) is 1.85. The van der Waals surface area contributed by atoms with E-state index in [4.69, 9.17) is 9.15 Å². The Balaban J connectivity index is 2.50. The summed E-state index contributed by atoms with van der Waals surface area (Å²) in [6, 6.07) is 3.11. The summed E-state index contributed by atoms with van der Waals surface area (Å²) in [4.78, 5) is 2.35. The van der Waals surface area contributed by atoms with E-state index in [0.29, 0.717) is 12.1 Å². The Morgan fingerprint density at radius 3 is 2.63 bits per heavy atom. The van der Waals surface area contributed by atoms with Gasteiger partial charge in [0.05, 0.1) is 19.4 Å². The molecule has 4 nitrogen and oxygen atoms in total. The van der Waals surface area contributed by atoms with Gasteiger partial charge in [-0.25, -0.2) is 0 Å². The summed E-state index contributed by atoms with van der Waals surface area (Å²) in [6.45, 7) is 12.1. The van der Waals surface area contributed by atoms with Crippen LogP contribution in [0.4, 0.5) is 0 Å². The van der Waals surface area contributed by atoms with Crippen molar-refractivity contribution in [3.8, 4) is 0 Å². The normalized spacial score (nSPS) is 12.0. The maximum absolute atomic E-state index is 5.64. The molecule has 0 saturated carbocycles. The number of furan rings is 1. The number of hydrogen-bond acceptors (Lipinski definition) is 4. The first-order valence-electron chi connectivity index (χ1n) is 7.05. The average Bonchev–Trinajstić information content (AvgIpc) is 2.79. The molecule has 0 fully saturated rings. The summed E-state index contributed by atoms with van der Waals surface area (Å²) in [5.41, 5.74) is 1.21. The third-order valence-electron chi connectivity index (χ3n) is 3.09. The minimum Gasteiger partial charge on any atom is -0.468 e. The van der Waals surface area contributed by atoms with Crippen molar-refractivity contribution >= 4 is 0 Å². The molecule has 1 aromatic heterocycles. The summed E-state index contributed by atoms with van der Waals surface area (Å²) in [5, 5.41) is 3.39. The standard InChI is InChI=1S/C15H28N2O2/c1-12(2)16-9-14-8-15(19-11-14)10-17(13(3)4)6-7-18-5/h8,11-13,16H,6-7,9-10H2,1-5H3. The lowest BCUT2D eigenvalue weighted by Crippen LogP contribution is -2.33. The van der Waals surface area contributed by atoms with E-state index in [1.807, 2.05) is 6.26 Å². The highest BCUT2D eigenvalue weighted by atomic mass is 16.5. The van der Waals surface area contributed by atoms with Crippen LogP contribution < -0.4 is 5.32 Å². The molecule has 1 N–H and O–H groups in total. The highest BCUT2D eigenvalue weighted by Crippen LogP contribution is 2.12. The molecule has 1 aromatic rings. The highest BCUT2D eigenvalue weighted by Gasteiger charge is 2.12. The molecule has 0 saturated heterocycles. The molecule has 110 valence electrons. The molecule has 0 bridgehead atoms. The van der Waals surface area contributed by atoms with Gasteiger partial charge in [0, 0.05) is 37.8 Å². The lowest BCUT2D eigenvalue weighted by atomic mass is 10.2. The SMILES string of the molecule is COCCN(Cc1cc(CNC(C)C)co1)C(C)C. The Kier molecular flexibility index (Phi) is 7.13. The molecule has 4 heteroatoms. The van der Waals surface area contributed by atoms with Gasteiger partial charge >= 0.3 is 0 Å². The van der Waals surface area contributed by atoms with E-state index < -0.39 is 0 Å². The van der Waals surface area contributed by atoms with Crippen LogP contribution in [0.25, 0.3) is 0 Å². The predicted octanol–water partition coefficient (Wildman–Crippen LogP) is 2.63. The maximum atomic E-state index is 5.64. The zero-order chi connectivity index (χ0) is 14.3. The molecule has 0 unspecified atom stereocenters. The van der Waals surface area contributed by atoms with Crippen LogP contribution in [-0.4, -0.2) is 37.2 Å². The minimum atomic E-state index is 0.484. The van der Waals surface area contributed by atoms with Crippen LogP contribution in [0, 0.1) is 0 Å². The van der Waals surface area contributed by atoms with Crippen molar-refractivity contribution in [3.63, 3.8) is 0 Å². The Hall–Kier alpha value is -0.840. The quantitative estimate of drug-likeness (QED) is 0.747. The fraction of sp³-hybridized carbons (Fsp3) is 0.733. The molecular formula is C15H28N2O2. The number of ether oxygens (including phenoxy) is 1. The van der Waals surface area contributed by atoms with Gasteiger partial charge in [0.1, 0.15) is 5.76 Å². The fourth-order valence-corrected chi connectivity index (χ4v) is 1.85. The Morgan fingerprint density at radius 2 is 2.05 bits per heavy atom. The second-order valence-corrected chi connectivity index (χ2v) is 5.51. The van der Waals surface area contributed by atoms with Crippen LogP contribution in [0.15, 0.2) is 16.7 Å². The number of nitrogens with zero attached hydrogens (tertiary/aromatic N) is 1. The second-order valence-electron chi connectivity index (χ2n) is 5.51. The van der Waals surface area contributed by atoms with Crippen molar-refractivity contribution in [1.82, 2.24) is 10.2 Å². The fourth-order valence-electron chi connectivity index (χ4n) is 1.85. The maximum Gasteiger partial charge on any atom is 0.118 e. The monoisotopic (exact) mass is 268 g/mol. The molecule has 1 heterocycles. The molecule has 0 atom stereocenters. The smallest absolute Gasteiger partial charge is 0.118 e. The number of hydrogen-bond donors (Lipinski definition) is 1. The molecule has 19 heavy (non-hydrogen) atoms. The zero-order valence-corrected chi connectivity index (χ0v) is 12.9. The zero-order valence-electron chi connectivity index (χ0n) is 12.9. The topological polar surface area (TPSA) is 37.6 Å². The molecule has 0 amide bonds. The van der Waals surface area contributed by atoms with Crippen LogP contribution >= 0.6 is 0 Å². The predicted molar refractivity (Wildman–Crippen MR) is 78.1 cm³/mol. The first-order chi connectivity index (χ1) is 9.02. The van der Waals surface area contributed by atoms with Crippen LogP contribution in [0.5, 0.6) is 0 Å². The third kappa shape index (κ3) is 6.23. The van der Waals surface area contributed by atoms with E-state index >= 15 is 0 Å². The lowest BCUT2D eigenvalue weighted by molar-refractivity contribution is 0.119. The van der Waals surface area contributed by atoms with Gasteiger partial charge < -0.3 is 14.5 Å². The molecule has 0 aliphatic rings. The molecule has 0 spiro atoms. The van der Waals surface area contributed by atoms with Gasteiger partial charge in [0.25, 0.3) is 0 Å². The van der Waals surface area contributed by atoms with Crippen molar-refractivity contribution in [2.45, 2.75) is 52.9 Å². The van der Waals surface area contributed by atoms with E-state index in [0.717, 1.165) is 32.0 Å². The van der Waals surface area contributed by atoms with Gasteiger partial charge in [0.2, 0.25) is 0 Å². The molecule has 0 aromatic carbocycles.